The number of aromatic hydroxyl groups is 1. The van der Waals surface area contributed by atoms with E-state index in [2.05, 4.69) is 10.6 Å². The second kappa shape index (κ2) is 7.34. The lowest BCUT2D eigenvalue weighted by Crippen LogP contribution is -2.41. The molecule has 0 aliphatic heterocycles. The Morgan fingerprint density at radius 3 is 2.25 bits per heavy atom. The predicted molar refractivity (Wildman–Crippen MR) is 70.4 cm³/mol. The lowest BCUT2D eigenvalue weighted by molar-refractivity contribution is -0.141. The number of benzene rings is 1. The average Bonchev–Trinajstić information content (AvgIpc) is 2.43. The summed E-state index contributed by atoms with van der Waals surface area (Å²) in [5.74, 6) is -2.75. The summed E-state index contributed by atoms with van der Waals surface area (Å²) in [4.78, 5) is 33.5. The first-order valence-electron chi connectivity index (χ1n) is 5.57. The molecule has 8 heteroatoms. The van der Waals surface area contributed by atoms with Gasteiger partial charge in [0.2, 0.25) is 11.8 Å². The molecule has 0 saturated heterocycles. The van der Waals surface area contributed by atoms with Crippen molar-refractivity contribution in [1.29, 1.82) is 0 Å². The first kappa shape index (κ1) is 15.8. The van der Waals surface area contributed by atoms with E-state index in [0.29, 0.717) is 5.56 Å². The maximum Gasteiger partial charge on any atom is 0.330 e. The van der Waals surface area contributed by atoms with E-state index < -0.39 is 23.8 Å². The largest absolute Gasteiger partial charge is 0.508 e. The van der Waals surface area contributed by atoms with E-state index in [1.165, 1.54) is 24.3 Å². The Morgan fingerprint density at radius 1 is 1.15 bits per heavy atom. The van der Waals surface area contributed by atoms with Crippen LogP contribution in [0.2, 0.25) is 0 Å². The zero-order valence-corrected chi connectivity index (χ0v) is 11.1. The van der Waals surface area contributed by atoms with Crippen LogP contribution in [0.15, 0.2) is 24.3 Å². The fraction of sp³-hybridized carbons (Fsp3) is 0.250. The number of carbonyl (C=O) groups is 3. The van der Waals surface area contributed by atoms with Crippen LogP contribution >= 0.6 is 11.6 Å². The monoisotopic (exact) mass is 300 g/mol. The molecule has 0 heterocycles. The number of hydrogen-bond donors (Lipinski definition) is 4. The van der Waals surface area contributed by atoms with Crippen molar-refractivity contribution in [2.45, 2.75) is 6.04 Å². The van der Waals surface area contributed by atoms with Gasteiger partial charge in [-0.05, 0) is 17.7 Å². The summed E-state index contributed by atoms with van der Waals surface area (Å²) in [5, 5.41) is 22.7. The minimum atomic E-state index is -1.27. The Kier molecular flexibility index (Phi) is 5.79. The zero-order chi connectivity index (χ0) is 15.1. The smallest absolute Gasteiger partial charge is 0.330 e. The molecule has 0 bridgehead atoms. The predicted octanol–water partition coefficient (Wildman–Crippen LogP) is -0.0109. The van der Waals surface area contributed by atoms with E-state index in [1.807, 2.05) is 0 Å². The van der Waals surface area contributed by atoms with Gasteiger partial charge in [0.1, 0.15) is 11.6 Å². The van der Waals surface area contributed by atoms with Crippen LogP contribution < -0.4 is 10.6 Å². The number of amides is 2. The van der Waals surface area contributed by atoms with Crippen molar-refractivity contribution in [3.63, 3.8) is 0 Å². The van der Waals surface area contributed by atoms with E-state index in [9.17, 15) is 14.4 Å². The van der Waals surface area contributed by atoms with Crippen molar-refractivity contribution in [1.82, 2.24) is 10.6 Å². The maximum atomic E-state index is 11.5. The molecule has 0 spiro atoms. The molecule has 20 heavy (non-hydrogen) atoms. The highest BCUT2D eigenvalue weighted by Gasteiger charge is 2.22. The summed E-state index contributed by atoms with van der Waals surface area (Å²) in [6.45, 7) is -0.368. The number of carboxylic acid groups (broad SMARTS) is 1. The number of alkyl halides is 1. The second-order valence-electron chi connectivity index (χ2n) is 3.84. The standard InChI is InChI=1S/C12H13ClN2O5/c13-5-9(17)14-6-10(18)15-11(12(19)20)7-1-3-8(16)4-2-7/h1-4,11,16H,5-6H2,(H,14,17)(H,15,18)(H,19,20)/t11-/m0/s1. The quantitative estimate of drug-likeness (QED) is 0.551. The highest BCUT2D eigenvalue weighted by Crippen LogP contribution is 2.17. The number of phenols is 1. The van der Waals surface area contributed by atoms with Gasteiger partial charge in [-0.25, -0.2) is 4.79 Å². The zero-order valence-electron chi connectivity index (χ0n) is 10.3. The lowest BCUT2D eigenvalue weighted by Gasteiger charge is -2.15. The Balaban J connectivity index is 2.68. The number of carboxylic acids is 1. The molecular weight excluding hydrogens is 288 g/mol. The normalized spacial score (nSPS) is 11.4. The van der Waals surface area contributed by atoms with Gasteiger partial charge in [-0.3, -0.25) is 9.59 Å². The first-order chi connectivity index (χ1) is 9.43. The number of carbonyl (C=O) groups excluding carboxylic acids is 2. The van der Waals surface area contributed by atoms with Gasteiger partial charge < -0.3 is 20.8 Å². The molecule has 0 radical (unpaired) electrons. The van der Waals surface area contributed by atoms with Gasteiger partial charge in [0, 0.05) is 0 Å². The Labute approximate surface area is 119 Å². The molecule has 1 rings (SSSR count). The Morgan fingerprint density at radius 2 is 1.75 bits per heavy atom. The van der Waals surface area contributed by atoms with Crippen LogP contribution in [-0.4, -0.2) is 40.4 Å². The van der Waals surface area contributed by atoms with Crippen LogP contribution in [0.1, 0.15) is 11.6 Å². The molecule has 1 atom stereocenters. The fourth-order valence-corrected chi connectivity index (χ4v) is 1.49. The Bertz CT molecular complexity index is 503. The van der Waals surface area contributed by atoms with Crippen molar-refractivity contribution in [2.75, 3.05) is 12.4 Å². The summed E-state index contributed by atoms with van der Waals surface area (Å²) in [7, 11) is 0. The Hall–Kier alpha value is -2.28. The molecule has 4 N–H and O–H groups in total. The molecule has 0 saturated carbocycles. The molecule has 0 unspecified atom stereocenters. The minimum absolute atomic E-state index is 0.0152. The third kappa shape index (κ3) is 4.77. The number of rotatable bonds is 6. The molecule has 108 valence electrons. The summed E-state index contributed by atoms with van der Waals surface area (Å²) in [6.07, 6.45) is 0. The number of phenolic OH excluding ortho intramolecular Hbond substituents is 1. The van der Waals surface area contributed by atoms with Crippen molar-refractivity contribution >= 4 is 29.4 Å². The maximum absolute atomic E-state index is 11.5. The molecule has 0 aliphatic carbocycles. The second-order valence-corrected chi connectivity index (χ2v) is 4.11. The average molecular weight is 301 g/mol. The van der Waals surface area contributed by atoms with Crippen LogP contribution in [0.4, 0.5) is 0 Å². The summed E-state index contributed by atoms with van der Waals surface area (Å²) in [6, 6.07) is 4.12. The van der Waals surface area contributed by atoms with E-state index >= 15 is 0 Å². The van der Waals surface area contributed by atoms with Crippen LogP contribution in [0.3, 0.4) is 0 Å². The van der Waals surface area contributed by atoms with E-state index in [4.69, 9.17) is 21.8 Å². The van der Waals surface area contributed by atoms with Gasteiger partial charge in [0.15, 0.2) is 6.04 Å². The first-order valence-corrected chi connectivity index (χ1v) is 6.11. The summed E-state index contributed by atoms with van der Waals surface area (Å²) >= 11 is 5.24. The van der Waals surface area contributed by atoms with Gasteiger partial charge in [0.05, 0.1) is 6.54 Å². The third-order valence-electron chi connectivity index (χ3n) is 2.35. The number of aliphatic carboxylic acids is 1. The molecule has 1 aromatic rings. The van der Waals surface area contributed by atoms with Crippen molar-refractivity contribution in [2.24, 2.45) is 0 Å². The van der Waals surface area contributed by atoms with E-state index in [0.717, 1.165) is 0 Å². The van der Waals surface area contributed by atoms with E-state index in [-0.39, 0.29) is 18.2 Å². The molecule has 7 nitrogen and oxygen atoms in total. The van der Waals surface area contributed by atoms with Gasteiger partial charge in [-0.1, -0.05) is 12.1 Å². The lowest BCUT2D eigenvalue weighted by atomic mass is 10.1. The molecule has 0 aromatic heterocycles. The number of halogens is 1. The highest BCUT2D eigenvalue weighted by atomic mass is 35.5. The molecular formula is C12H13ClN2O5. The topological polar surface area (TPSA) is 116 Å². The number of hydrogen-bond acceptors (Lipinski definition) is 4. The van der Waals surface area contributed by atoms with Crippen LogP contribution in [0.5, 0.6) is 5.75 Å². The van der Waals surface area contributed by atoms with Crippen LogP contribution in [0.25, 0.3) is 0 Å². The molecule has 2 amide bonds. The molecule has 0 fully saturated rings. The SMILES string of the molecule is O=C(CCl)NCC(=O)N[C@H](C(=O)O)c1ccc(O)cc1. The van der Waals surface area contributed by atoms with Gasteiger partial charge in [-0.15, -0.1) is 11.6 Å². The van der Waals surface area contributed by atoms with Crippen molar-refractivity contribution in [3.05, 3.63) is 29.8 Å². The summed E-state index contributed by atoms with van der Waals surface area (Å²) < 4.78 is 0. The third-order valence-corrected chi connectivity index (χ3v) is 2.59. The van der Waals surface area contributed by atoms with E-state index in [1.54, 1.807) is 0 Å². The van der Waals surface area contributed by atoms with Gasteiger partial charge in [0.25, 0.3) is 0 Å². The summed E-state index contributed by atoms with van der Waals surface area (Å²) in [5.41, 5.74) is 0.298. The minimum Gasteiger partial charge on any atom is -0.508 e. The number of nitrogens with one attached hydrogen (secondary N) is 2. The molecule has 0 aliphatic rings. The highest BCUT2D eigenvalue weighted by molar-refractivity contribution is 6.27. The molecule has 1 aromatic carbocycles. The van der Waals surface area contributed by atoms with Crippen LogP contribution in [0, 0.1) is 0 Å². The van der Waals surface area contributed by atoms with Crippen molar-refractivity contribution < 1.29 is 24.6 Å². The van der Waals surface area contributed by atoms with Crippen LogP contribution in [-0.2, 0) is 14.4 Å². The van der Waals surface area contributed by atoms with Crippen molar-refractivity contribution in [3.8, 4) is 5.75 Å². The fourth-order valence-electron chi connectivity index (χ4n) is 1.39. The van der Waals surface area contributed by atoms with Gasteiger partial charge >= 0.3 is 5.97 Å². The van der Waals surface area contributed by atoms with Gasteiger partial charge in [-0.2, -0.15) is 0 Å².